The van der Waals surface area contributed by atoms with Gasteiger partial charge in [-0.15, -0.1) is 0 Å². The first-order valence-corrected chi connectivity index (χ1v) is 34.2. The summed E-state index contributed by atoms with van der Waals surface area (Å²) < 4.78 is 30.3. The summed E-state index contributed by atoms with van der Waals surface area (Å²) in [5.41, 5.74) is 0. The summed E-state index contributed by atoms with van der Waals surface area (Å²) in [7, 11) is 1.16. The zero-order valence-electron chi connectivity index (χ0n) is 52.5. The largest absolute Gasteiger partial charge is 0.756 e. The molecule has 0 aromatic carbocycles. The minimum absolute atomic E-state index is 0.0297. The van der Waals surface area contributed by atoms with Gasteiger partial charge in [0, 0.05) is 12.8 Å². The van der Waals surface area contributed by atoms with Gasteiger partial charge in [-0.25, -0.2) is 0 Å². The normalized spacial score (nSPS) is 14.3. The molecular weight excluding hydrogens is 1010 g/mol. The number of phosphoric ester groups is 1. The number of hydrogen-bond acceptors (Lipinski definition) is 7. The van der Waals surface area contributed by atoms with Crippen molar-refractivity contribution in [2.24, 2.45) is 0 Å². The van der Waals surface area contributed by atoms with Crippen LogP contribution in [0, 0.1) is 0 Å². The van der Waals surface area contributed by atoms with E-state index in [1.807, 2.05) is 33.3 Å². The lowest BCUT2D eigenvalue weighted by atomic mass is 10.0. The lowest BCUT2D eigenvalue weighted by Crippen LogP contribution is -2.47. The first-order valence-electron chi connectivity index (χ1n) is 32.7. The molecule has 0 aliphatic carbocycles. The van der Waals surface area contributed by atoms with Crippen LogP contribution in [-0.2, 0) is 27.9 Å². The number of amides is 1. The number of unbranched alkanes of at least 4 members (excludes halogenated alkanes) is 28. The molecule has 1 amide bonds. The molecule has 3 atom stereocenters. The minimum Gasteiger partial charge on any atom is -0.756 e. The molecule has 0 aromatic rings. The van der Waals surface area contributed by atoms with Crippen molar-refractivity contribution >= 4 is 19.7 Å². The summed E-state index contributed by atoms with van der Waals surface area (Å²) >= 11 is 0. The SMILES string of the molecule is CC/C=C\C/C=C\C/C=C\C/C=C\C/C=C\CCCCCCCCCCCCCC(=O)NC(COP(=O)([O-])OCC[N+](C)(C)C)C(/C=C\CCCCCCCCCCCC)OC(=O)CCCCCCCCC/C=C/C=C/C=C/CC. The number of nitrogens with zero attached hydrogens (tertiary/aromatic N) is 1. The van der Waals surface area contributed by atoms with Gasteiger partial charge in [-0.1, -0.05) is 272 Å². The second-order valence-electron chi connectivity index (χ2n) is 22.9. The molecule has 0 rings (SSSR count). The fourth-order valence-electron chi connectivity index (χ4n) is 9.02. The number of rotatable bonds is 58. The number of carbonyl (C=O) groups is 2. The van der Waals surface area contributed by atoms with Gasteiger partial charge in [0.25, 0.3) is 7.82 Å². The maximum Gasteiger partial charge on any atom is 0.306 e. The van der Waals surface area contributed by atoms with Gasteiger partial charge in [0.05, 0.1) is 33.8 Å². The molecule has 0 aromatic heterocycles. The van der Waals surface area contributed by atoms with Gasteiger partial charge >= 0.3 is 5.97 Å². The van der Waals surface area contributed by atoms with Crippen LogP contribution in [0.15, 0.2) is 109 Å². The van der Waals surface area contributed by atoms with Crippen molar-refractivity contribution in [3.8, 4) is 0 Å². The molecule has 0 saturated heterocycles. The van der Waals surface area contributed by atoms with Crippen molar-refractivity contribution in [1.29, 1.82) is 0 Å². The predicted molar refractivity (Wildman–Crippen MR) is 344 cm³/mol. The van der Waals surface area contributed by atoms with Crippen LogP contribution in [0.2, 0.25) is 0 Å². The lowest BCUT2D eigenvalue weighted by molar-refractivity contribution is -0.870. The van der Waals surface area contributed by atoms with E-state index >= 15 is 0 Å². The standard InChI is InChI=1S/C70H123N2O7P/c1-7-10-13-16-19-22-25-28-30-31-32-33-34-35-36-37-38-39-40-41-43-44-47-50-53-56-59-62-69(73)71-67(66-78-80(75,76)77-65-64-72(4,5)6)68(61-58-55-52-49-46-27-24-21-18-15-12-9-3)79-70(74)63-60-57-54-51-48-45-42-29-26-23-20-17-14-11-8-2/h10-11,13-14,17,19-20,22-23,26,28,30,32-33,35-36,58,61,67-68H,7-9,12,15-16,18,21,24-25,27,29,31,34,37-57,59-60,62-66H2,1-6H3,(H-,71,73,75,76)/b13-10-,14-11+,20-17+,22-19-,26-23+,30-28-,33-32-,36-35-,61-58-. The van der Waals surface area contributed by atoms with Crippen LogP contribution < -0.4 is 10.2 Å². The number of carbonyl (C=O) groups excluding carboxylic acids is 2. The maximum absolute atomic E-state index is 13.6. The second kappa shape index (κ2) is 58.9. The van der Waals surface area contributed by atoms with E-state index in [0.717, 1.165) is 116 Å². The van der Waals surface area contributed by atoms with Gasteiger partial charge < -0.3 is 28.5 Å². The summed E-state index contributed by atoms with van der Waals surface area (Å²) in [6, 6.07) is -0.901. The first-order chi connectivity index (χ1) is 38.9. The van der Waals surface area contributed by atoms with Crippen LogP contribution in [0.4, 0.5) is 0 Å². The topological polar surface area (TPSA) is 114 Å². The van der Waals surface area contributed by atoms with Crippen LogP contribution in [0.3, 0.4) is 0 Å². The summed E-state index contributed by atoms with van der Waals surface area (Å²) in [6.45, 7) is 6.59. The number of allylic oxidation sites excluding steroid dienone is 17. The summed E-state index contributed by atoms with van der Waals surface area (Å²) in [5, 5.41) is 3.03. The number of hydrogen-bond donors (Lipinski definition) is 1. The van der Waals surface area contributed by atoms with Gasteiger partial charge in [0.15, 0.2) is 0 Å². The number of phosphoric acid groups is 1. The Morgan fingerprint density at radius 1 is 0.463 bits per heavy atom. The Morgan fingerprint density at radius 3 is 1.34 bits per heavy atom. The first kappa shape index (κ1) is 76.7. The number of ether oxygens (including phenoxy) is 1. The van der Waals surface area contributed by atoms with Gasteiger partial charge in [-0.05, 0) is 96.0 Å². The second-order valence-corrected chi connectivity index (χ2v) is 24.3. The molecule has 0 fully saturated rings. The third-order valence-electron chi connectivity index (χ3n) is 14.0. The van der Waals surface area contributed by atoms with E-state index in [4.69, 9.17) is 13.8 Å². The zero-order valence-corrected chi connectivity index (χ0v) is 53.4. The molecule has 0 heterocycles. The molecule has 3 unspecified atom stereocenters. The van der Waals surface area contributed by atoms with Gasteiger partial charge in [0.1, 0.15) is 19.3 Å². The molecule has 460 valence electrons. The van der Waals surface area contributed by atoms with Gasteiger partial charge in [0.2, 0.25) is 5.91 Å². The molecule has 10 heteroatoms. The Labute approximate surface area is 493 Å². The molecule has 0 radical (unpaired) electrons. The van der Waals surface area contributed by atoms with Crippen molar-refractivity contribution in [2.45, 2.75) is 283 Å². The van der Waals surface area contributed by atoms with Crippen LogP contribution in [0.1, 0.15) is 271 Å². The molecule has 1 N–H and O–H groups in total. The number of nitrogens with one attached hydrogen (secondary N) is 1. The Kier molecular flexibility index (Phi) is 56.4. The fraction of sp³-hybridized carbons (Fsp3) is 0.714. The smallest absolute Gasteiger partial charge is 0.306 e. The monoisotopic (exact) mass is 1130 g/mol. The molecule has 0 bridgehead atoms. The average molecular weight is 1140 g/mol. The fourth-order valence-corrected chi connectivity index (χ4v) is 9.74. The van der Waals surface area contributed by atoms with Crippen LogP contribution in [-0.4, -0.2) is 69.4 Å². The molecule has 0 saturated carbocycles. The number of quaternary nitrogens is 1. The maximum atomic E-state index is 13.6. The van der Waals surface area contributed by atoms with Crippen molar-refractivity contribution in [3.63, 3.8) is 0 Å². The van der Waals surface area contributed by atoms with Crippen molar-refractivity contribution in [2.75, 3.05) is 40.9 Å². The molecular formula is C70H123N2O7P. The highest BCUT2D eigenvalue weighted by molar-refractivity contribution is 7.45. The van der Waals surface area contributed by atoms with E-state index in [0.29, 0.717) is 23.9 Å². The van der Waals surface area contributed by atoms with Crippen molar-refractivity contribution < 1.29 is 37.3 Å². The Morgan fingerprint density at radius 2 is 0.863 bits per heavy atom. The molecule has 80 heavy (non-hydrogen) atoms. The highest BCUT2D eigenvalue weighted by Crippen LogP contribution is 2.38. The van der Waals surface area contributed by atoms with E-state index in [1.165, 1.54) is 116 Å². The van der Waals surface area contributed by atoms with E-state index in [1.54, 1.807) is 0 Å². The Bertz CT molecular complexity index is 1740. The van der Waals surface area contributed by atoms with E-state index in [9.17, 15) is 19.0 Å². The highest BCUT2D eigenvalue weighted by Gasteiger charge is 2.27. The van der Waals surface area contributed by atoms with Crippen molar-refractivity contribution in [3.05, 3.63) is 109 Å². The minimum atomic E-state index is -4.71. The van der Waals surface area contributed by atoms with Crippen LogP contribution >= 0.6 is 7.82 Å². The summed E-state index contributed by atoms with van der Waals surface area (Å²) in [4.78, 5) is 40.0. The van der Waals surface area contributed by atoms with Crippen LogP contribution in [0.25, 0.3) is 0 Å². The van der Waals surface area contributed by atoms with Gasteiger partial charge in [-0.2, -0.15) is 0 Å². The van der Waals surface area contributed by atoms with E-state index in [2.05, 4.69) is 123 Å². The predicted octanol–water partition coefficient (Wildman–Crippen LogP) is 19.9. The third-order valence-corrected chi connectivity index (χ3v) is 15.0. The van der Waals surface area contributed by atoms with Crippen LogP contribution in [0.5, 0.6) is 0 Å². The third kappa shape index (κ3) is 59.3. The summed E-state index contributed by atoms with van der Waals surface area (Å²) in [6.07, 6.45) is 80.6. The van der Waals surface area contributed by atoms with E-state index in [-0.39, 0.29) is 24.9 Å². The molecule has 9 nitrogen and oxygen atoms in total. The molecule has 0 aliphatic rings. The summed E-state index contributed by atoms with van der Waals surface area (Å²) in [5.74, 6) is -0.561. The Hall–Kier alpha value is -3.33. The average Bonchev–Trinajstić information content (AvgIpc) is 3.42. The van der Waals surface area contributed by atoms with Crippen molar-refractivity contribution in [1.82, 2.24) is 5.32 Å². The van der Waals surface area contributed by atoms with Gasteiger partial charge in [-0.3, -0.25) is 14.2 Å². The zero-order chi connectivity index (χ0) is 58.6. The molecule has 0 aliphatic heterocycles. The highest BCUT2D eigenvalue weighted by atomic mass is 31.2. The van der Waals surface area contributed by atoms with E-state index < -0.39 is 26.6 Å². The Balaban J connectivity index is 5.10. The number of likely N-dealkylation sites (N-methyl/N-ethyl adjacent to an activating group) is 1. The molecule has 0 spiro atoms. The number of esters is 1. The lowest BCUT2D eigenvalue weighted by Gasteiger charge is -2.30. The quantitative estimate of drug-likeness (QED) is 0.0161.